The second-order valence-electron chi connectivity index (χ2n) is 5.42. The van der Waals surface area contributed by atoms with E-state index in [1.54, 1.807) is 18.1 Å². The van der Waals surface area contributed by atoms with E-state index < -0.39 is 5.54 Å². The number of aryl methyl sites for hydroxylation is 1. The molecule has 0 fully saturated rings. The molecule has 0 radical (unpaired) electrons. The lowest BCUT2D eigenvalue weighted by Crippen LogP contribution is -2.53. The van der Waals surface area contributed by atoms with Gasteiger partial charge in [-0.05, 0) is 42.5 Å². The molecular formula is C16H19N3O2. The maximum absolute atomic E-state index is 12.2. The van der Waals surface area contributed by atoms with Crippen LogP contribution in [0.15, 0.2) is 35.8 Å². The molecule has 1 spiro atoms. The lowest BCUT2D eigenvalue weighted by atomic mass is 9.75. The van der Waals surface area contributed by atoms with Crippen molar-refractivity contribution in [3.63, 3.8) is 0 Å². The summed E-state index contributed by atoms with van der Waals surface area (Å²) in [6, 6.07) is 5.69. The molecule has 0 aromatic heterocycles. The third-order valence-corrected chi connectivity index (χ3v) is 4.39. The van der Waals surface area contributed by atoms with Gasteiger partial charge in [0.25, 0.3) is 0 Å². The molecular weight excluding hydrogens is 266 g/mol. The van der Waals surface area contributed by atoms with Gasteiger partial charge in [0.2, 0.25) is 0 Å². The van der Waals surface area contributed by atoms with Gasteiger partial charge in [0.05, 0.1) is 7.11 Å². The molecule has 2 N–H and O–H groups in total. The molecule has 1 atom stereocenters. The Morgan fingerprint density at radius 3 is 3.10 bits per heavy atom. The summed E-state index contributed by atoms with van der Waals surface area (Å²) < 4.78 is 5.34. The molecule has 2 amide bonds. The Morgan fingerprint density at radius 2 is 2.38 bits per heavy atom. The van der Waals surface area contributed by atoms with Crippen molar-refractivity contribution >= 4 is 11.9 Å². The number of amides is 2. The number of amidine groups is 1. The van der Waals surface area contributed by atoms with E-state index in [1.165, 1.54) is 5.56 Å². The van der Waals surface area contributed by atoms with Crippen LogP contribution in [0.25, 0.3) is 0 Å². The smallest absolute Gasteiger partial charge is 0.346 e. The fourth-order valence-corrected chi connectivity index (χ4v) is 3.42. The van der Waals surface area contributed by atoms with Crippen LogP contribution in [0, 0.1) is 0 Å². The lowest BCUT2D eigenvalue weighted by Gasteiger charge is -2.42. The number of aliphatic imine (C=N–C) groups is 1. The van der Waals surface area contributed by atoms with Crippen LogP contribution in [0.4, 0.5) is 4.79 Å². The number of benzene rings is 1. The molecule has 5 nitrogen and oxygen atoms in total. The SMILES string of the molecule is C=CCN1C(=O)N=C(N)C12CCCc1ccc(OC)cc12. The number of rotatable bonds is 3. The van der Waals surface area contributed by atoms with E-state index in [-0.39, 0.29) is 6.03 Å². The van der Waals surface area contributed by atoms with Crippen LogP contribution in [0.5, 0.6) is 5.75 Å². The Labute approximate surface area is 124 Å². The van der Waals surface area contributed by atoms with E-state index in [0.717, 1.165) is 30.6 Å². The summed E-state index contributed by atoms with van der Waals surface area (Å²) in [6.07, 6.45) is 4.44. The van der Waals surface area contributed by atoms with Gasteiger partial charge in [0.1, 0.15) is 17.1 Å². The van der Waals surface area contributed by atoms with Crippen molar-refractivity contribution < 1.29 is 9.53 Å². The zero-order valence-corrected chi connectivity index (χ0v) is 12.1. The summed E-state index contributed by atoms with van der Waals surface area (Å²) in [5.74, 6) is 1.14. The van der Waals surface area contributed by atoms with Crippen molar-refractivity contribution in [2.75, 3.05) is 13.7 Å². The van der Waals surface area contributed by atoms with Crippen molar-refractivity contribution in [2.45, 2.75) is 24.8 Å². The molecule has 0 saturated carbocycles. The van der Waals surface area contributed by atoms with E-state index in [2.05, 4.69) is 17.6 Å². The molecule has 3 rings (SSSR count). The predicted molar refractivity (Wildman–Crippen MR) is 81.5 cm³/mol. The summed E-state index contributed by atoms with van der Waals surface area (Å²) in [5, 5.41) is 0. The summed E-state index contributed by atoms with van der Waals surface area (Å²) in [4.78, 5) is 17.9. The van der Waals surface area contributed by atoms with Crippen LogP contribution in [0.3, 0.4) is 0 Å². The highest BCUT2D eigenvalue weighted by Crippen LogP contribution is 2.44. The zero-order valence-electron chi connectivity index (χ0n) is 12.1. The van der Waals surface area contributed by atoms with Crippen LogP contribution in [0.1, 0.15) is 24.0 Å². The van der Waals surface area contributed by atoms with Gasteiger partial charge in [-0.1, -0.05) is 12.1 Å². The molecule has 1 unspecified atom stereocenters. The molecule has 1 aliphatic carbocycles. The minimum Gasteiger partial charge on any atom is -0.497 e. The summed E-state index contributed by atoms with van der Waals surface area (Å²) in [6.45, 7) is 4.17. The number of carbonyl (C=O) groups excluding carboxylic acids is 1. The molecule has 1 aromatic rings. The number of carbonyl (C=O) groups is 1. The average molecular weight is 285 g/mol. The van der Waals surface area contributed by atoms with Gasteiger partial charge in [-0.3, -0.25) is 0 Å². The van der Waals surface area contributed by atoms with Crippen LogP contribution < -0.4 is 10.5 Å². The first-order valence-electron chi connectivity index (χ1n) is 7.08. The van der Waals surface area contributed by atoms with Crippen molar-refractivity contribution in [1.29, 1.82) is 0 Å². The van der Waals surface area contributed by atoms with Gasteiger partial charge in [-0.15, -0.1) is 6.58 Å². The van der Waals surface area contributed by atoms with Gasteiger partial charge in [0.15, 0.2) is 0 Å². The molecule has 0 saturated heterocycles. The van der Waals surface area contributed by atoms with Gasteiger partial charge in [-0.2, -0.15) is 4.99 Å². The standard InChI is InChI=1S/C16H19N3O2/c1-3-9-19-15(20)18-14(17)16(19)8-4-5-11-6-7-12(21-2)10-13(11)16/h3,6-7,10H,1,4-5,8-9H2,2H3,(H2,17,18,20). The number of hydrogen-bond acceptors (Lipinski definition) is 3. The largest absolute Gasteiger partial charge is 0.497 e. The monoisotopic (exact) mass is 285 g/mol. The Kier molecular flexibility index (Phi) is 3.20. The minimum atomic E-state index is -0.645. The zero-order chi connectivity index (χ0) is 15.0. The maximum Gasteiger partial charge on any atom is 0.346 e. The topological polar surface area (TPSA) is 67.9 Å². The number of ether oxygens (including phenoxy) is 1. The second kappa shape index (κ2) is 4.91. The Bertz CT molecular complexity index is 638. The Morgan fingerprint density at radius 1 is 1.57 bits per heavy atom. The second-order valence-corrected chi connectivity index (χ2v) is 5.42. The van der Waals surface area contributed by atoms with Gasteiger partial charge in [0, 0.05) is 6.54 Å². The van der Waals surface area contributed by atoms with E-state index in [1.807, 2.05) is 12.1 Å². The summed E-state index contributed by atoms with van der Waals surface area (Å²) >= 11 is 0. The highest BCUT2D eigenvalue weighted by atomic mass is 16.5. The van der Waals surface area contributed by atoms with Crippen LogP contribution in [-0.2, 0) is 12.0 Å². The van der Waals surface area contributed by atoms with Gasteiger partial charge < -0.3 is 15.4 Å². The van der Waals surface area contributed by atoms with Crippen molar-refractivity contribution in [1.82, 2.24) is 4.90 Å². The van der Waals surface area contributed by atoms with E-state index in [9.17, 15) is 4.79 Å². The number of fused-ring (bicyclic) bond motifs is 2. The number of urea groups is 1. The molecule has 5 heteroatoms. The third kappa shape index (κ3) is 1.84. The van der Waals surface area contributed by atoms with Gasteiger partial charge >= 0.3 is 6.03 Å². The van der Waals surface area contributed by atoms with E-state index in [0.29, 0.717) is 12.4 Å². The Hall–Kier alpha value is -2.30. The van der Waals surface area contributed by atoms with Crippen molar-refractivity contribution in [3.8, 4) is 5.75 Å². The van der Waals surface area contributed by atoms with Crippen LogP contribution >= 0.6 is 0 Å². The number of hydrogen-bond donors (Lipinski definition) is 1. The van der Waals surface area contributed by atoms with E-state index >= 15 is 0 Å². The highest BCUT2D eigenvalue weighted by molar-refractivity contribution is 6.06. The number of nitrogens with zero attached hydrogens (tertiary/aromatic N) is 2. The van der Waals surface area contributed by atoms with Gasteiger partial charge in [-0.25, -0.2) is 4.79 Å². The van der Waals surface area contributed by atoms with Crippen molar-refractivity contribution in [2.24, 2.45) is 10.7 Å². The molecule has 21 heavy (non-hydrogen) atoms. The molecule has 0 bridgehead atoms. The molecule has 110 valence electrons. The van der Waals surface area contributed by atoms with Crippen LogP contribution in [-0.4, -0.2) is 30.4 Å². The summed E-state index contributed by atoms with van der Waals surface area (Å²) in [7, 11) is 1.63. The first-order valence-corrected chi connectivity index (χ1v) is 7.08. The Balaban J connectivity index is 2.20. The minimum absolute atomic E-state index is 0.289. The fourth-order valence-electron chi connectivity index (χ4n) is 3.42. The fraction of sp³-hybridized carbons (Fsp3) is 0.375. The van der Waals surface area contributed by atoms with Crippen molar-refractivity contribution in [3.05, 3.63) is 42.0 Å². The van der Waals surface area contributed by atoms with E-state index in [4.69, 9.17) is 10.5 Å². The summed E-state index contributed by atoms with van der Waals surface area (Å²) in [5.41, 5.74) is 7.76. The quantitative estimate of drug-likeness (QED) is 0.866. The predicted octanol–water partition coefficient (Wildman–Crippen LogP) is 2.21. The maximum atomic E-state index is 12.2. The highest BCUT2D eigenvalue weighted by Gasteiger charge is 2.51. The molecule has 1 heterocycles. The third-order valence-electron chi connectivity index (χ3n) is 4.39. The first-order chi connectivity index (χ1) is 10.1. The molecule has 1 aromatic carbocycles. The number of nitrogens with two attached hydrogens (primary N) is 1. The lowest BCUT2D eigenvalue weighted by molar-refractivity contribution is 0.168. The normalized spacial score (nSPS) is 24.0. The van der Waals surface area contributed by atoms with Crippen LogP contribution in [0.2, 0.25) is 0 Å². The number of methoxy groups -OCH3 is 1. The average Bonchev–Trinajstić information content (AvgIpc) is 2.72. The first kappa shape index (κ1) is 13.7. The molecule has 2 aliphatic rings. The molecule has 1 aliphatic heterocycles.